The Morgan fingerprint density at radius 1 is 1.10 bits per heavy atom. The molecule has 0 aliphatic carbocycles. The van der Waals surface area contributed by atoms with Crippen molar-refractivity contribution in [3.63, 3.8) is 0 Å². The lowest BCUT2D eigenvalue weighted by Crippen LogP contribution is -2.34. The number of rotatable bonds is 12. The Morgan fingerprint density at radius 2 is 1.75 bits per heavy atom. The van der Waals surface area contributed by atoms with Crippen molar-refractivity contribution in [1.82, 2.24) is 15.1 Å². The average Bonchev–Trinajstić information content (AvgIpc) is 3.30. The molecule has 0 bridgehead atoms. The highest BCUT2D eigenvalue weighted by atomic mass is 16.6. The first-order chi connectivity index (χ1) is 19.1. The van der Waals surface area contributed by atoms with Crippen molar-refractivity contribution in [2.45, 2.75) is 40.5 Å². The maximum absolute atomic E-state index is 13.0. The third kappa shape index (κ3) is 9.55. The van der Waals surface area contributed by atoms with Crippen LogP contribution in [0.3, 0.4) is 0 Å². The Labute approximate surface area is 232 Å². The predicted molar refractivity (Wildman–Crippen MR) is 148 cm³/mol. The van der Waals surface area contributed by atoms with E-state index < -0.39 is 18.2 Å². The summed E-state index contributed by atoms with van der Waals surface area (Å²) in [5.41, 5.74) is 9.05. The fourth-order valence-corrected chi connectivity index (χ4v) is 3.51. The van der Waals surface area contributed by atoms with Gasteiger partial charge < -0.3 is 30.4 Å². The molecular formula is C28H35N5O7. The topological polar surface area (TPSA) is 179 Å². The summed E-state index contributed by atoms with van der Waals surface area (Å²) < 4.78 is 17.8. The SMILES string of the molecule is CC(=O)O.CCOC(=O)COc1ccccc1-c1nn(C(OCC)C(=O)NCc2ccc(C(=N)N)cc2)cc1C. The van der Waals surface area contributed by atoms with Crippen LogP contribution in [0.5, 0.6) is 5.75 Å². The van der Waals surface area contributed by atoms with E-state index in [1.165, 1.54) is 4.68 Å². The summed E-state index contributed by atoms with van der Waals surface area (Å²) in [5, 5.41) is 22.4. The van der Waals surface area contributed by atoms with Gasteiger partial charge in [0.05, 0.1) is 12.3 Å². The summed E-state index contributed by atoms with van der Waals surface area (Å²) in [6, 6.07) is 14.3. The number of nitrogen functional groups attached to an aromatic ring is 1. The molecule has 5 N–H and O–H groups in total. The number of hydrogen-bond donors (Lipinski definition) is 4. The summed E-state index contributed by atoms with van der Waals surface area (Å²) in [4.78, 5) is 33.8. The first kappa shape index (κ1) is 31.5. The summed E-state index contributed by atoms with van der Waals surface area (Å²) in [5.74, 6) is -1.18. The minimum atomic E-state index is -0.980. The van der Waals surface area contributed by atoms with E-state index in [0.29, 0.717) is 29.2 Å². The van der Waals surface area contributed by atoms with Crippen molar-refractivity contribution in [1.29, 1.82) is 5.41 Å². The number of amidine groups is 1. The highest BCUT2D eigenvalue weighted by molar-refractivity contribution is 5.94. The lowest BCUT2D eigenvalue weighted by atomic mass is 10.1. The zero-order valence-electron chi connectivity index (χ0n) is 23.0. The van der Waals surface area contributed by atoms with E-state index in [4.69, 9.17) is 35.3 Å². The lowest BCUT2D eigenvalue weighted by Gasteiger charge is -2.17. The number of esters is 1. The molecule has 3 aromatic rings. The van der Waals surface area contributed by atoms with E-state index in [-0.39, 0.29) is 31.5 Å². The van der Waals surface area contributed by atoms with E-state index >= 15 is 0 Å². The molecule has 0 saturated carbocycles. The molecule has 12 nitrogen and oxygen atoms in total. The smallest absolute Gasteiger partial charge is 0.344 e. The molecule has 1 heterocycles. The lowest BCUT2D eigenvalue weighted by molar-refractivity contribution is -0.145. The van der Waals surface area contributed by atoms with Crippen molar-refractivity contribution in [2.75, 3.05) is 19.8 Å². The van der Waals surface area contributed by atoms with E-state index in [1.54, 1.807) is 56.4 Å². The van der Waals surface area contributed by atoms with Crippen LogP contribution >= 0.6 is 0 Å². The molecule has 0 spiro atoms. The summed E-state index contributed by atoms with van der Waals surface area (Å²) in [6.07, 6.45) is 0.755. The standard InChI is InChI=1S/C26H31N5O5.C2H4O2/c1-4-34-22(32)16-36-21-9-7-6-8-20(21)23-17(3)15-31(30-23)26(35-5-2)25(33)29-14-18-10-12-19(13-11-18)24(27)28;1-2(3)4/h6-13,15,26H,4-5,14,16H2,1-3H3,(H3,27,28)(H,29,33);1H3,(H,3,4). The average molecular weight is 554 g/mol. The van der Waals surface area contributed by atoms with Gasteiger partial charge >= 0.3 is 5.97 Å². The molecule has 0 fully saturated rings. The van der Waals surface area contributed by atoms with Crippen LogP contribution in [0.1, 0.15) is 43.7 Å². The number of carbonyl (C=O) groups is 3. The van der Waals surface area contributed by atoms with Crippen molar-refractivity contribution < 1.29 is 33.7 Å². The van der Waals surface area contributed by atoms with Gasteiger partial charge in [-0.3, -0.25) is 15.0 Å². The van der Waals surface area contributed by atoms with Gasteiger partial charge in [-0.15, -0.1) is 0 Å². The molecule has 214 valence electrons. The van der Waals surface area contributed by atoms with Crippen molar-refractivity contribution >= 4 is 23.7 Å². The van der Waals surface area contributed by atoms with E-state index in [2.05, 4.69) is 10.4 Å². The summed E-state index contributed by atoms with van der Waals surface area (Å²) in [6.45, 7) is 7.13. The number of aromatic nitrogens is 2. The number of para-hydroxylation sites is 1. The first-order valence-electron chi connectivity index (χ1n) is 12.5. The minimum absolute atomic E-state index is 0.0142. The number of carboxylic acid groups (broad SMARTS) is 1. The number of nitrogens with two attached hydrogens (primary N) is 1. The molecule has 1 unspecified atom stereocenters. The van der Waals surface area contributed by atoms with Crippen LogP contribution in [0.25, 0.3) is 11.3 Å². The number of carbonyl (C=O) groups excluding carboxylic acids is 2. The number of ether oxygens (including phenoxy) is 3. The van der Waals surface area contributed by atoms with Crippen LogP contribution in [0.4, 0.5) is 0 Å². The molecule has 1 amide bonds. The fraction of sp³-hybridized carbons (Fsp3) is 0.321. The summed E-state index contributed by atoms with van der Waals surface area (Å²) >= 11 is 0. The second kappa shape index (κ2) is 15.6. The number of nitrogens with zero attached hydrogens (tertiary/aromatic N) is 2. The molecule has 2 aromatic carbocycles. The van der Waals surface area contributed by atoms with Gasteiger partial charge in [0.2, 0.25) is 6.23 Å². The molecule has 3 rings (SSSR count). The van der Waals surface area contributed by atoms with Crippen molar-refractivity contribution in [2.24, 2.45) is 5.73 Å². The minimum Gasteiger partial charge on any atom is -0.481 e. The molecule has 1 aromatic heterocycles. The van der Waals surface area contributed by atoms with Crippen LogP contribution < -0.4 is 15.8 Å². The Bertz CT molecular complexity index is 1300. The van der Waals surface area contributed by atoms with E-state index in [9.17, 15) is 9.59 Å². The van der Waals surface area contributed by atoms with E-state index in [1.807, 2.05) is 19.1 Å². The highest BCUT2D eigenvalue weighted by Gasteiger charge is 2.24. The van der Waals surface area contributed by atoms with Crippen LogP contribution in [0.2, 0.25) is 0 Å². The molecule has 0 radical (unpaired) electrons. The summed E-state index contributed by atoms with van der Waals surface area (Å²) in [7, 11) is 0. The van der Waals surface area contributed by atoms with Gasteiger partial charge in [0.1, 0.15) is 11.6 Å². The zero-order valence-corrected chi connectivity index (χ0v) is 23.0. The third-order valence-corrected chi connectivity index (χ3v) is 5.23. The highest BCUT2D eigenvalue weighted by Crippen LogP contribution is 2.31. The number of aryl methyl sites for hydroxylation is 1. The fourth-order valence-electron chi connectivity index (χ4n) is 3.51. The van der Waals surface area contributed by atoms with Gasteiger partial charge in [0, 0.05) is 37.4 Å². The second-order valence-corrected chi connectivity index (χ2v) is 8.39. The Balaban J connectivity index is 0.00000131. The van der Waals surface area contributed by atoms with Gasteiger partial charge in [0.15, 0.2) is 6.61 Å². The molecule has 12 heteroatoms. The predicted octanol–water partition coefficient (Wildman–Crippen LogP) is 3.03. The Kier molecular flexibility index (Phi) is 12.3. The normalized spacial score (nSPS) is 11.0. The largest absolute Gasteiger partial charge is 0.481 e. The van der Waals surface area contributed by atoms with Gasteiger partial charge in [-0.05, 0) is 44.0 Å². The molecule has 0 saturated heterocycles. The van der Waals surface area contributed by atoms with Crippen LogP contribution in [-0.2, 0) is 30.4 Å². The quantitative estimate of drug-likeness (QED) is 0.149. The van der Waals surface area contributed by atoms with Crippen LogP contribution in [-0.4, -0.2) is 58.4 Å². The van der Waals surface area contributed by atoms with Gasteiger partial charge in [-0.25, -0.2) is 9.48 Å². The number of amides is 1. The van der Waals surface area contributed by atoms with E-state index in [0.717, 1.165) is 18.1 Å². The number of hydrogen-bond acceptors (Lipinski definition) is 8. The third-order valence-electron chi connectivity index (χ3n) is 5.23. The zero-order chi connectivity index (χ0) is 29.7. The number of carboxylic acids is 1. The number of nitrogens with one attached hydrogen (secondary N) is 2. The first-order valence-corrected chi connectivity index (χ1v) is 12.5. The maximum atomic E-state index is 13.0. The molecule has 1 atom stereocenters. The van der Waals surface area contributed by atoms with Crippen LogP contribution in [0, 0.1) is 12.3 Å². The Hall–Kier alpha value is -4.71. The monoisotopic (exact) mass is 553 g/mol. The Morgan fingerprint density at radius 3 is 2.35 bits per heavy atom. The van der Waals surface area contributed by atoms with Crippen molar-refractivity contribution in [3.05, 3.63) is 71.4 Å². The van der Waals surface area contributed by atoms with Crippen molar-refractivity contribution in [3.8, 4) is 17.0 Å². The molecule has 0 aliphatic rings. The van der Waals surface area contributed by atoms with Gasteiger partial charge in [0.25, 0.3) is 11.9 Å². The molecular weight excluding hydrogens is 518 g/mol. The van der Waals surface area contributed by atoms with Gasteiger partial charge in [-0.1, -0.05) is 36.4 Å². The molecule has 0 aliphatic heterocycles. The van der Waals surface area contributed by atoms with Gasteiger partial charge in [-0.2, -0.15) is 5.10 Å². The maximum Gasteiger partial charge on any atom is 0.344 e. The number of aliphatic carboxylic acids is 1. The number of benzene rings is 2. The second-order valence-electron chi connectivity index (χ2n) is 8.39. The van der Waals surface area contributed by atoms with Crippen LogP contribution in [0.15, 0.2) is 54.7 Å². The molecule has 40 heavy (non-hydrogen) atoms.